The van der Waals surface area contributed by atoms with Crippen molar-refractivity contribution in [1.82, 2.24) is 19.8 Å². The first-order chi connectivity index (χ1) is 23.8. The molecule has 14 heteroatoms. The topological polar surface area (TPSA) is 117 Å². The maximum atomic E-state index is 13.0. The number of carbonyl (C=O) groups is 1. The number of rotatable bonds is 11. The van der Waals surface area contributed by atoms with E-state index in [-0.39, 0.29) is 33.7 Å². The number of thiocarbonyl (C=S) groups is 1. The molecule has 2 aliphatic heterocycles. The van der Waals surface area contributed by atoms with Crippen molar-refractivity contribution in [3.8, 4) is 5.75 Å². The molecule has 270 valence electrons. The van der Waals surface area contributed by atoms with Gasteiger partial charge in [0.2, 0.25) is 11.9 Å². The van der Waals surface area contributed by atoms with Crippen molar-refractivity contribution in [2.75, 3.05) is 42.6 Å². The van der Waals surface area contributed by atoms with Crippen LogP contribution in [0.2, 0.25) is 5.02 Å². The third-order valence-electron chi connectivity index (χ3n) is 9.01. The van der Waals surface area contributed by atoms with E-state index in [1.165, 1.54) is 29.9 Å². The lowest BCUT2D eigenvalue weighted by Crippen LogP contribution is -2.39. The molecule has 1 amide bonds. The van der Waals surface area contributed by atoms with Crippen molar-refractivity contribution >= 4 is 78.8 Å². The van der Waals surface area contributed by atoms with Crippen molar-refractivity contribution in [2.24, 2.45) is 0 Å². The summed E-state index contributed by atoms with van der Waals surface area (Å²) < 4.78 is 33.2. The standard InChI is InChI=1S/C36H47ClN6O4S3/c1-23(2)47-31-20-27(26-13-17-43(18-14-26)36(48)49-22-33(44)42-15-9-6-10-16-42)25(5)19-30(31)40-35-38-21-28(37)34(41-35)39-29-11-7-8-12-32(29)50(45,46)24(3)4/h7-8,11-12,19-21,23-24,26H,6,9-10,13-18,22H2,1-5H3,(H2,38,39,40,41). The van der Waals surface area contributed by atoms with E-state index in [9.17, 15) is 13.2 Å². The molecule has 2 fully saturated rings. The third-order valence-corrected chi connectivity index (χ3v) is 13.0. The molecule has 2 saturated heterocycles. The minimum Gasteiger partial charge on any atom is -0.489 e. The molecule has 0 saturated carbocycles. The zero-order valence-electron chi connectivity index (χ0n) is 29.4. The van der Waals surface area contributed by atoms with Crippen LogP contribution >= 0.6 is 35.6 Å². The number of sulfone groups is 1. The minimum absolute atomic E-state index is 0.0715. The number of thioether (sulfide) groups is 1. The maximum absolute atomic E-state index is 13.0. The van der Waals surface area contributed by atoms with Gasteiger partial charge in [-0.05, 0) is 108 Å². The molecule has 0 bridgehead atoms. The Morgan fingerprint density at radius 3 is 2.40 bits per heavy atom. The number of hydrogen-bond acceptors (Lipinski definition) is 10. The van der Waals surface area contributed by atoms with Crippen LogP contribution in [0.4, 0.5) is 23.1 Å². The van der Waals surface area contributed by atoms with E-state index in [4.69, 9.17) is 28.6 Å². The van der Waals surface area contributed by atoms with Crippen LogP contribution in [0.5, 0.6) is 5.75 Å². The lowest BCUT2D eigenvalue weighted by atomic mass is 9.86. The van der Waals surface area contributed by atoms with Gasteiger partial charge in [-0.1, -0.05) is 47.7 Å². The normalized spacial score (nSPS) is 15.8. The Kier molecular flexibility index (Phi) is 12.9. The molecular formula is C36H47ClN6O4S3. The fourth-order valence-electron chi connectivity index (χ4n) is 6.25. The predicted molar refractivity (Wildman–Crippen MR) is 208 cm³/mol. The van der Waals surface area contributed by atoms with Crippen molar-refractivity contribution in [2.45, 2.75) is 88.9 Å². The van der Waals surface area contributed by atoms with Gasteiger partial charge in [-0.25, -0.2) is 13.4 Å². The summed E-state index contributed by atoms with van der Waals surface area (Å²) in [4.78, 5) is 26.0. The average molecular weight is 759 g/mol. The number of amides is 1. The average Bonchev–Trinajstić information content (AvgIpc) is 3.10. The van der Waals surface area contributed by atoms with Crippen LogP contribution in [0.3, 0.4) is 0 Å². The molecule has 2 N–H and O–H groups in total. The van der Waals surface area contributed by atoms with Crippen LogP contribution in [-0.2, 0) is 14.6 Å². The Bertz CT molecular complexity index is 1790. The summed E-state index contributed by atoms with van der Waals surface area (Å²) in [7, 11) is -3.56. The molecule has 2 aliphatic rings. The smallest absolute Gasteiger partial charge is 0.233 e. The first-order valence-electron chi connectivity index (χ1n) is 17.2. The van der Waals surface area contributed by atoms with Gasteiger partial charge in [0.25, 0.3) is 0 Å². The van der Waals surface area contributed by atoms with E-state index in [1.54, 1.807) is 38.1 Å². The van der Waals surface area contributed by atoms with Gasteiger partial charge < -0.3 is 25.2 Å². The van der Waals surface area contributed by atoms with Gasteiger partial charge in [-0.3, -0.25) is 4.79 Å². The summed E-state index contributed by atoms with van der Waals surface area (Å²) in [5.41, 5.74) is 3.44. The monoisotopic (exact) mass is 758 g/mol. The van der Waals surface area contributed by atoms with Gasteiger partial charge >= 0.3 is 0 Å². The van der Waals surface area contributed by atoms with Gasteiger partial charge in [0.05, 0.1) is 39.6 Å². The Balaban J connectivity index is 1.28. The molecule has 50 heavy (non-hydrogen) atoms. The number of piperidine rings is 2. The molecule has 2 aromatic carbocycles. The van der Waals surface area contributed by atoms with Gasteiger partial charge in [0, 0.05) is 26.2 Å². The molecule has 0 unspecified atom stereocenters. The van der Waals surface area contributed by atoms with E-state index in [0.29, 0.717) is 28.8 Å². The number of ether oxygens (including phenoxy) is 1. The summed E-state index contributed by atoms with van der Waals surface area (Å²) in [5, 5.41) is 6.07. The Morgan fingerprint density at radius 1 is 1.02 bits per heavy atom. The summed E-state index contributed by atoms with van der Waals surface area (Å²) >= 11 is 13.7. The summed E-state index contributed by atoms with van der Waals surface area (Å²) in [6, 6.07) is 10.9. The fraction of sp³-hybridized carbons (Fsp3) is 0.500. The number of anilines is 4. The van der Waals surface area contributed by atoms with Crippen LogP contribution in [0.1, 0.15) is 76.8 Å². The summed E-state index contributed by atoms with van der Waals surface area (Å²) in [5.74, 6) is 2.17. The zero-order valence-corrected chi connectivity index (χ0v) is 32.6. The van der Waals surface area contributed by atoms with Crippen molar-refractivity contribution in [3.05, 3.63) is 58.7 Å². The highest BCUT2D eigenvalue weighted by atomic mass is 35.5. The SMILES string of the molecule is Cc1cc(Nc2ncc(Cl)c(Nc3ccccc3S(=O)(=O)C(C)C)n2)c(OC(C)C)cc1C1CCN(C(=S)SCC(=O)N2CCCCC2)CC1. The number of nitrogens with zero attached hydrogens (tertiary/aromatic N) is 4. The minimum atomic E-state index is -3.56. The van der Waals surface area contributed by atoms with E-state index in [2.05, 4.69) is 44.6 Å². The second-order valence-corrected chi connectivity index (χ2v) is 17.8. The number of carbonyl (C=O) groups excluding carboxylic acids is 1. The molecule has 10 nitrogen and oxygen atoms in total. The third kappa shape index (κ3) is 9.40. The zero-order chi connectivity index (χ0) is 36.0. The number of likely N-dealkylation sites (tertiary alicyclic amines) is 2. The molecule has 0 radical (unpaired) electrons. The lowest BCUT2D eigenvalue weighted by molar-refractivity contribution is -0.129. The Labute approximate surface area is 311 Å². The molecule has 0 spiro atoms. The first-order valence-corrected chi connectivity index (χ1v) is 20.6. The number of para-hydroxylation sites is 1. The largest absolute Gasteiger partial charge is 0.489 e. The highest BCUT2D eigenvalue weighted by molar-refractivity contribution is 8.23. The predicted octanol–water partition coefficient (Wildman–Crippen LogP) is 8.10. The molecule has 1 aromatic heterocycles. The number of hydrogen-bond donors (Lipinski definition) is 2. The Morgan fingerprint density at radius 2 is 1.72 bits per heavy atom. The van der Waals surface area contributed by atoms with Crippen molar-refractivity contribution in [1.29, 1.82) is 0 Å². The van der Waals surface area contributed by atoms with Crippen LogP contribution in [0.15, 0.2) is 47.5 Å². The van der Waals surface area contributed by atoms with Crippen LogP contribution in [0, 0.1) is 6.92 Å². The molecule has 3 aromatic rings. The van der Waals surface area contributed by atoms with E-state index >= 15 is 0 Å². The van der Waals surface area contributed by atoms with Crippen LogP contribution in [-0.4, -0.2) is 81.7 Å². The maximum Gasteiger partial charge on any atom is 0.233 e. The van der Waals surface area contributed by atoms with Crippen LogP contribution in [0.25, 0.3) is 0 Å². The quantitative estimate of drug-likeness (QED) is 0.185. The van der Waals surface area contributed by atoms with Gasteiger partial charge in [-0.2, -0.15) is 4.98 Å². The molecule has 5 rings (SSSR count). The van der Waals surface area contributed by atoms with Crippen molar-refractivity contribution < 1.29 is 17.9 Å². The Hall–Kier alpha value is -3.13. The number of aromatic nitrogens is 2. The summed E-state index contributed by atoms with van der Waals surface area (Å²) in [6.07, 6.45) is 6.67. The van der Waals surface area contributed by atoms with Crippen molar-refractivity contribution in [3.63, 3.8) is 0 Å². The first kappa shape index (κ1) is 38.1. The second kappa shape index (κ2) is 16.9. The molecule has 0 aliphatic carbocycles. The summed E-state index contributed by atoms with van der Waals surface area (Å²) in [6.45, 7) is 12.8. The number of nitrogens with one attached hydrogen (secondary N) is 2. The number of halogens is 1. The van der Waals surface area contributed by atoms with Crippen LogP contribution < -0.4 is 15.4 Å². The second-order valence-electron chi connectivity index (χ2n) is 13.4. The van der Waals surface area contributed by atoms with Gasteiger partial charge in [0.15, 0.2) is 15.7 Å². The number of benzene rings is 2. The lowest BCUT2D eigenvalue weighted by Gasteiger charge is -2.34. The molecule has 0 atom stereocenters. The fourth-order valence-corrected chi connectivity index (χ4v) is 8.74. The van der Waals surface area contributed by atoms with E-state index in [0.717, 1.165) is 61.7 Å². The van der Waals surface area contributed by atoms with E-state index in [1.807, 2.05) is 18.7 Å². The molecular weight excluding hydrogens is 712 g/mol. The van der Waals surface area contributed by atoms with Gasteiger partial charge in [-0.15, -0.1) is 0 Å². The number of aryl methyl sites for hydroxylation is 1. The highest BCUT2D eigenvalue weighted by Gasteiger charge is 2.27. The van der Waals surface area contributed by atoms with E-state index < -0.39 is 15.1 Å². The van der Waals surface area contributed by atoms with Gasteiger partial charge in [0.1, 0.15) is 15.1 Å². The highest BCUT2D eigenvalue weighted by Crippen LogP contribution is 2.39. The molecule has 3 heterocycles.